The predicted octanol–water partition coefficient (Wildman–Crippen LogP) is -0.127. The SMILES string of the molecule is CCNC(=O)[C@@H]1CCCN1C(=O)[C@@H](NC(=O)OC)[C@@H](C)OC. The van der Waals surface area contributed by atoms with Gasteiger partial charge >= 0.3 is 6.09 Å². The fourth-order valence-electron chi connectivity index (χ4n) is 2.48. The molecule has 3 amide bonds. The Balaban J connectivity index is 2.87. The smallest absolute Gasteiger partial charge is 0.407 e. The first-order valence-corrected chi connectivity index (χ1v) is 7.41. The van der Waals surface area contributed by atoms with Crippen molar-refractivity contribution in [2.24, 2.45) is 0 Å². The highest BCUT2D eigenvalue weighted by atomic mass is 16.5. The Morgan fingerprint density at radius 1 is 1.32 bits per heavy atom. The molecule has 8 nitrogen and oxygen atoms in total. The number of hydrogen-bond acceptors (Lipinski definition) is 5. The minimum atomic E-state index is -0.896. The van der Waals surface area contributed by atoms with E-state index < -0.39 is 24.3 Å². The molecule has 1 aliphatic heterocycles. The van der Waals surface area contributed by atoms with Gasteiger partial charge in [-0.2, -0.15) is 0 Å². The van der Waals surface area contributed by atoms with Crippen LogP contribution in [0.5, 0.6) is 0 Å². The summed E-state index contributed by atoms with van der Waals surface area (Å²) < 4.78 is 9.71. The van der Waals surface area contributed by atoms with Crippen molar-refractivity contribution >= 4 is 17.9 Å². The minimum Gasteiger partial charge on any atom is -0.453 e. The Kier molecular flexibility index (Phi) is 7.10. The zero-order valence-corrected chi connectivity index (χ0v) is 13.5. The Morgan fingerprint density at radius 3 is 2.55 bits per heavy atom. The van der Waals surface area contributed by atoms with E-state index in [1.165, 1.54) is 19.1 Å². The van der Waals surface area contributed by atoms with Gasteiger partial charge in [0.15, 0.2) is 0 Å². The summed E-state index contributed by atoms with van der Waals surface area (Å²) in [5.41, 5.74) is 0. The molecule has 0 aromatic rings. The standard InChI is InChI=1S/C14H25N3O5/c1-5-15-12(18)10-7-6-8-17(10)13(19)11(9(2)21-3)16-14(20)22-4/h9-11H,5-8H2,1-4H3,(H,15,18)(H,16,20)/t9-,10+,11+/m1/s1. The summed E-state index contributed by atoms with van der Waals surface area (Å²) in [6.45, 7) is 4.50. The van der Waals surface area contributed by atoms with Gasteiger partial charge in [0.05, 0.1) is 13.2 Å². The largest absolute Gasteiger partial charge is 0.453 e. The highest BCUT2D eigenvalue weighted by Crippen LogP contribution is 2.19. The number of carbonyl (C=O) groups is 3. The summed E-state index contributed by atoms with van der Waals surface area (Å²) in [6, 6.07) is -1.40. The van der Waals surface area contributed by atoms with Crippen LogP contribution in [0.4, 0.5) is 4.79 Å². The zero-order valence-electron chi connectivity index (χ0n) is 13.5. The molecule has 0 aliphatic carbocycles. The quantitative estimate of drug-likeness (QED) is 0.712. The minimum absolute atomic E-state index is 0.171. The number of carbonyl (C=O) groups excluding carboxylic acids is 3. The highest BCUT2D eigenvalue weighted by Gasteiger charge is 2.39. The lowest BCUT2D eigenvalue weighted by atomic mass is 10.1. The van der Waals surface area contributed by atoms with Crippen LogP contribution in [-0.2, 0) is 19.1 Å². The third-order valence-corrected chi connectivity index (χ3v) is 3.76. The van der Waals surface area contributed by atoms with Crippen LogP contribution in [0.15, 0.2) is 0 Å². The molecular weight excluding hydrogens is 290 g/mol. The van der Waals surface area contributed by atoms with Gasteiger partial charge in [0.1, 0.15) is 12.1 Å². The maximum Gasteiger partial charge on any atom is 0.407 e. The van der Waals surface area contributed by atoms with Gasteiger partial charge < -0.3 is 25.0 Å². The molecule has 0 aromatic carbocycles. The molecule has 0 spiro atoms. The molecular formula is C14H25N3O5. The van der Waals surface area contributed by atoms with E-state index in [2.05, 4.69) is 15.4 Å². The Labute approximate surface area is 130 Å². The third kappa shape index (κ3) is 4.33. The Bertz CT molecular complexity index is 415. The van der Waals surface area contributed by atoms with E-state index in [0.717, 1.165) is 6.42 Å². The molecule has 8 heteroatoms. The molecule has 0 unspecified atom stereocenters. The predicted molar refractivity (Wildman–Crippen MR) is 79.2 cm³/mol. The molecule has 1 aliphatic rings. The maximum absolute atomic E-state index is 12.7. The summed E-state index contributed by atoms with van der Waals surface area (Å²) in [5, 5.41) is 5.21. The number of ether oxygens (including phenoxy) is 2. The van der Waals surface area contributed by atoms with Crippen molar-refractivity contribution in [3.05, 3.63) is 0 Å². The molecule has 22 heavy (non-hydrogen) atoms. The number of hydrogen-bond donors (Lipinski definition) is 2. The number of likely N-dealkylation sites (N-methyl/N-ethyl adjacent to an activating group) is 1. The summed E-state index contributed by atoms with van der Waals surface area (Å²) in [7, 11) is 2.68. The van der Waals surface area contributed by atoms with Crippen LogP contribution in [0.2, 0.25) is 0 Å². The van der Waals surface area contributed by atoms with Crippen LogP contribution < -0.4 is 10.6 Å². The van der Waals surface area contributed by atoms with Crippen LogP contribution in [0.1, 0.15) is 26.7 Å². The van der Waals surface area contributed by atoms with Crippen LogP contribution in [-0.4, -0.2) is 68.3 Å². The van der Waals surface area contributed by atoms with Crippen molar-refractivity contribution in [3.63, 3.8) is 0 Å². The lowest BCUT2D eigenvalue weighted by Gasteiger charge is -2.30. The Morgan fingerprint density at radius 2 is 2.00 bits per heavy atom. The molecule has 0 bridgehead atoms. The number of nitrogens with zero attached hydrogens (tertiary/aromatic N) is 1. The van der Waals surface area contributed by atoms with Crippen molar-refractivity contribution in [1.82, 2.24) is 15.5 Å². The van der Waals surface area contributed by atoms with Gasteiger partial charge in [0.2, 0.25) is 11.8 Å². The van der Waals surface area contributed by atoms with Crippen molar-refractivity contribution in [2.45, 2.75) is 44.9 Å². The lowest BCUT2D eigenvalue weighted by Crippen LogP contribution is -2.57. The second kappa shape index (κ2) is 8.57. The molecule has 1 saturated heterocycles. The summed E-state index contributed by atoms with van der Waals surface area (Å²) in [6.07, 6.45) is 0.113. The fourth-order valence-corrected chi connectivity index (χ4v) is 2.48. The highest BCUT2D eigenvalue weighted by molar-refractivity contribution is 5.92. The third-order valence-electron chi connectivity index (χ3n) is 3.76. The van der Waals surface area contributed by atoms with E-state index in [-0.39, 0.29) is 11.8 Å². The van der Waals surface area contributed by atoms with Crippen LogP contribution in [0.3, 0.4) is 0 Å². The van der Waals surface area contributed by atoms with E-state index in [1.54, 1.807) is 6.92 Å². The molecule has 0 saturated carbocycles. The molecule has 1 rings (SSSR count). The van der Waals surface area contributed by atoms with E-state index in [1.807, 2.05) is 6.92 Å². The summed E-state index contributed by atoms with van der Waals surface area (Å²) >= 11 is 0. The first kappa shape index (κ1) is 18.2. The molecule has 0 radical (unpaired) electrons. The second-order valence-corrected chi connectivity index (χ2v) is 5.14. The number of nitrogens with one attached hydrogen (secondary N) is 2. The molecule has 0 aromatic heterocycles. The van der Waals surface area contributed by atoms with Gasteiger partial charge in [0, 0.05) is 20.2 Å². The maximum atomic E-state index is 12.7. The molecule has 1 heterocycles. The summed E-state index contributed by atoms with van der Waals surface area (Å²) in [4.78, 5) is 37.7. The second-order valence-electron chi connectivity index (χ2n) is 5.14. The average Bonchev–Trinajstić information content (AvgIpc) is 3.00. The monoisotopic (exact) mass is 315 g/mol. The molecule has 126 valence electrons. The van der Waals surface area contributed by atoms with Crippen molar-refractivity contribution < 1.29 is 23.9 Å². The normalized spacial score (nSPS) is 20.2. The lowest BCUT2D eigenvalue weighted by molar-refractivity contribution is -0.142. The summed E-state index contributed by atoms with van der Waals surface area (Å²) in [5.74, 6) is -0.510. The number of alkyl carbamates (subject to hydrolysis) is 1. The zero-order chi connectivity index (χ0) is 16.7. The van der Waals surface area contributed by atoms with Gasteiger partial charge in [-0.3, -0.25) is 9.59 Å². The van der Waals surface area contributed by atoms with Gasteiger partial charge in [-0.05, 0) is 26.7 Å². The van der Waals surface area contributed by atoms with Crippen LogP contribution >= 0.6 is 0 Å². The van der Waals surface area contributed by atoms with Gasteiger partial charge in [0.25, 0.3) is 0 Å². The molecule has 3 atom stereocenters. The number of rotatable bonds is 6. The van der Waals surface area contributed by atoms with Gasteiger partial charge in [-0.25, -0.2) is 4.79 Å². The molecule has 2 N–H and O–H groups in total. The van der Waals surface area contributed by atoms with E-state index in [0.29, 0.717) is 19.5 Å². The van der Waals surface area contributed by atoms with Gasteiger partial charge in [-0.1, -0.05) is 0 Å². The number of likely N-dealkylation sites (tertiary alicyclic amines) is 1. The fraction of sp³-hybridized carbons (Fsp3) is 0.786. The number of amides is 3. The van der Waals surface area contributed by atoms with Crippen molar-refractivity contribution in [2.75, 3.05) is 27.3 Å². The first-order valence-electron chi connectivity index (χ1n) is 7.41. The van der Waals surface area contributed by atoms with Crippen molar-refractivity contribution in [1.29, 1.82) is 0 Å². The topological polar surface area (TPSA) is 97.0 Å². The van der Waals surface area contributed by atoms with E-state index >= 15 is 0 Å². The molecule has 1 fully saturated rings. The average molecular weight is 315 g/mol. The van der Waals surface area contributed by atoms with Gasteiger partial charge in [-0.15, -0.1) is 0 Å². The van der Waals surface area contributed by atoms with Crippen molar-refractivity contribution in [3.8, 4) is 0 Å². The number of methoxy groups -OCH3 is 2. The van der Waals surface area contributed by atoms with E-state index in [9.17, 15) is 14.4 Å². The Hall–Kier alpha value is -1.83. The van der Waals surface area contributed by atoms with Crippen LogP contribution in [0, 0.1) is 0 Å². The van der Waals surface area contributed by atoms with E-state index in [4.69, 9.17) is 4.74 Å². The first-order chi connectivity index (χ1) is 10.5. The van der Waals surface area contributed by atoms with Crippen LogP contribution in [0.25, 0.3) is 0 Å².